The van der Waals surface area contributed by atoms with Gasteiger partial charge in [0.2, 0.25) is 0 Å². The summed E-state index contributed by atoms with van der Waals surface area (Å²) >= 11 is 0. The van der Waals surface area contributed by atoms with Crippen LogP contribution in [-0.4, -0.2) is 33.2 Å². The number of alkyl carbamates (subject to hydrolysis) is 1. The standard InChI is InChI=1S/C17H24N4O2/c1-17(2,3)23-16(22)20-13-8-12(9-13)18-10-14-11-21-7-5-4-6-15(21)19-14/h4-7,11-13,18H,8-10H2,1-3H3,(H,20,22). The minimum atomic E-state index is -0.450. The molecule has 1 amide bonds. The number of aromatic nitrogens is 2. The predicted octanol–water partition coefficient (Wildman–Crippen LogP) is 2.48. The van der Waals surface area contributed by atoms with Crippen molar-refractivity contribution in [3.8, 4) is 0 Å². The smallest absolute Gasteiger partial charge is 0.407 e. The second-order valence-corrected chi connectivity index (χ2v) is 7.09. The molecule has 6 nitrogen and oxygen atoms in total. The molecule has 0 spiro atoms. The van der Waals surface area contributed by atoms with E-state index in [0.717, 1.165) is 30.7 Å². The third kappa shape index (κ3) is 4.22. The van der Waals surface area contributed by atoms with Crippen molar-refractivity contribution >= 4 is 11.7 Å². The molecule has 1 aliphatic rings. The molecule has 1 saturated carbocycles. The Labute approximate surface area is 136 Å². The fourth-order valence-corrected chi connectivity index (χ4v) is 2.70. The summed E-state index contributed by atoms with van der Waals surface area (Å²) in [6, 6.07) is 6.58. The monoisotopic (exact) mass is 316 g/mol. The zero-order valence-electron chi connectivity index (χ0n) is 13.9. The van der Waals surface area contributed by atoms with Gasteiger partial charge in [-0.3, -0.25) is 0 Å². The van der Waals surface area contributed by atoms with Gasteiger partial charge in [-0.15, -0.1) is 0 Å². The zero-order valence-corrected chi connectivity index (χ0v) is 13.9. The van der Waals surface area contributed by atoms with Gasteiger partial charge >= 0.3 is 6.09 Å². The molecule has 6 heteroatoms. The van der Waals surface area contributed by atoms with E-state index < -0.39 is 5.60 Å². The Kier molecular flexibility index (Phi) is 4.26. The van der Waals surface area contributed by atoms with Crippen molar-refractivity contribution in [1.29, 1.82) is 0 Å². The summed E-state index contributed by atoms with van der Waals surface area (Å²) in [7, 11) is 0. The van der Waals surface area contributed by atoms with E-state index in [9.17, 15) is 4.79 Å². The van der Waals surface area contributed by atoms with Crippen molar-refractivity contribution in [2.24, 2.45) is 0 Å². The highest BCUT2D eigenvalue weighted by Gasteiger charge is 2.31. The molecule has 0 saturated heterocycles. The number of hydrogen-bond donors (Lipinski definition) is 2. The van der Waals surface area contributed by atoms with Crippen LogP contribution >= 0.6 is 0 Å². The summed E-state index contributed by atoms with van der Waals surface area (Å²) in [4.78, 5) is 16.2. The van der Waals surface area contributed by atoms with E-state index in [1.54, 1.807) is 0 Å². The van der Waals surface area contributed by atoms with Crippen LogP contribution in [0.4, 0.5) is 4.79 Å². The lowest BCUT2D eigenvalue weighted by Gasteiger charge is -2.36. The molecule has 2 aromatic rings. The summed E-state index contributed by atoms with van der Waals surface area (Å²) in [5, 5.41) is 6.38. The van der Waals surface area contributed by atoms with Gasteiger partial charge in [-0.25, -0.2) is 9.78 Å². The molecule has 0 radical (unpaired) electrons. The third-order valence-electron chi connectivity index (χ3n) is 3.84. The molecule has 124 valence electrons. The van der Waals surface area contributed by atoms with Crippen molar-refractivity contribution in [3.63, 3.8) is 0 Å². The van der Waals surface area contributed by atoms with E-state index in [4.69, 9.17) is 4.74 Å². The van der Waals surface area contributed by atoms with Crippen LogP contribution in [-0.2, 0) is 11.3 Å². The molecule has 0 aromatic carbocycles. The molecule has 0 aliphatic heterocycles. The van der Waals surface area contributed by atoms with Gasteiger partial charge in [0.1, 0.15) is 11.2 Å². The highest BCUT2D eigenvalue weighted by Crippen LogP contribution is 2.21. The first-order valence-electron chi connectivity index (χ1n) is 8.04. The van der Waals surface area contributed by atoms with Crippen molar-refractivity contribution in [2.75, 3.05) is 0 Å². The van der Waals surface area contributed by atoms with Crippen molar-refractivity contribution < 1.29 is 9.53 Å². The maximum Gasteiger partial charge on any atom is 0.407 e. The average molecular weight is 316 g/mol. The summed E-state index contributed by atoms with van der Waals surface area (Å²) in [5.41, 5.74) is 1.54. The van der Waals surface area contributed by atoms with Crippen molar-refractivity contribution in [3.05, 3.63) is 36.3 Å². The largest absolute Gasteiger partial charge is 0.444 e. The second-order valence-electron chi connectivity index (χ2n) is 7.09. The Morgan fingerprint density at radius 3 is 2.83 bits per heavy atom. The summed E-state index contributed by atoms with van der Waals surface area (Å²) in [6.45, 7) is 6.34. The fraction of sp³-hybridized carbons (Fsp3) is 0.529. The minimum absolute atomic E-state index is 0.198. The number of carbonyl (C=O) groups is 1. The number of pyridine rings is 1. The topological polar surface area (TPSA) is 67.7 Å². The van der Waals surface area contributed by atoms with Crippen LogP contribution in [0.3, 0.4) is 0 Å². The molecule has 2 heterocycles. The number of amides is 1. The molecular formula is C17H24N4O2. The highest BCUT2D eigenvalue weighted by atomic mass is 16.6. The number of fused-ring (bicyclic) bond motifs is 1. The normalized spacial score (nSPS) is 21.0. The van der Waals surface area contributed by atoms with Crippen LogP contribution in [0.2, 0.25) is 0 Å². The van der Waals surface area contributed by atoms with E-state index in [1.165, 1.54) is 0 Å². The van der Waals surface area contributed by atoms with Crippen LogP contribution in [0.25, 0.3) is 5.65 Å². The molecule has 2 N–H and O–H groups in total. The lowest BCUT2D eigenvalue weighted by atomic mass is 9.87. The highest BCUT2D eigenvalue weighted by molar-refractivity contribution is 5.68. The lowest BCUT2D eigenvalue weighted by molar-refractivity contribution is 0.0465. The number of nitrogens with one attached hydrogen (secondary N) is 2. The number of carbonyl (C=O) groups excluding carboxylic acids is 1. The van der Waals surface area contributed by atoms with Gasteiger partial charge in [-0.05, 0) is 45.7 Å². The van der Waals surface area contributed by atoms with Gasteiger partial charge in [-0.1, -0.05) is 6.07 Å². The molecule has 2 aromatic heterocycles. The molecule has 0 bridgehead atoms. The SMILES string of the molecule is CC(C)(C)OC(=O)NC1CC(NCc2cn3ccccc3n2)C1. The zero-order chi connectivity index (χ0) is 16.4. The Morgan fingerprint density at radius 2 is 2.13 bits per heavy atom. The summed E-state index contributed by atoms with van der Waals surface area (Å²) < 4.78 is 7.28. The quantitative estimate of drug-likeness (QED) is 0.909. The van der Waals surface area contributed by atoms with Crippen LogP contribution in [0, 0.1) is 0 Å². The van der Waals surface area contributed by atoms with E-state index in [2.05, 4.69) is 15.6 Å². The number of hydrogen-bond acceptors (Lipinski definition) is 4. The number of imidazole rings is 1. The van der Waals surface area contributed by atoms with Crippen molar-refractivity contribution in [2.45, 2.75) is 57.8 Å². The Bertz CT molecular complexity index is 650. The summed E-state index contributed by atoms with van der Waals surface area (Å²) in [5.74, 6) is 0. The van der Waals surface area contributed by atoms with E-state index >= 15 is 0 Å². The number of nitrogens with zero attached hydrogens (tertiary/aromatic N) is 2. The minimum Gasteiger partial charge on any atom is -0.444 e. The molecule has 0 atom stereocenters. The first kappa shape index (κ1) is 15.8. The van der Waals surface area contributed by atoms with Gasteiger partial charge in [0.05, 0.1) is 5.69 Å². The first-order valence-corrected chi connectivity index (χ1v) is 8.04. The average Bonchev–Trinajstić information content (AvgIpc) is 2.81. The first-order chi connectivity index (χ1) is 10.9. The van der Waals surface area contributed by atoms with Crippen molar-refractivity contribution in [1.82, 2.24) is 20.0 Å². The molecule has 1 aliphatic carbocycles. The molecule has 1 fully saturated rings. The van der Waals surface area contributed by atoms with E-state index in [-0.39, 0.29) is 12.1 Å². The Balaban J connectivity index is 1.40. The Morgan fingerprint density at radius 1 is 1.35 bits per heavy atom. The van der Waals surface area contributed by atoms with Gasteiger partial charge < -0.3 is 19.8 Å². The van der Waals surface area contributed by atoms with Crippen LogP contribution in [0.15, 0.2) is 30.6 Å². The Hall–Kier alpha value is -2.08. The lowest BCUT2D eigenvalue weighted by Crippen LogP contribution is -2.53. The predicted molar refractivity (Wildman–Crippen MR) is 88.2 cm³/mol. The van der Waals surface area contributed by atoms with Gasteiger partial charge in [0.15, 0.2) is 0 Å². The molecular weight excluding hydrogens is 292 g/mol. The molecule has 3 rings (SSSR count). The van der Waals surface area contributed by atoms with Crippen LogP contribution < -0.4 is 10.6 Å². The number of rotatable bonds is 4. The van der Waals surface area contributed by atoms with E-state index in [1.807, 2.05) is 55.8 Å². The van der Waals surface area contributed by atoms with Gasteiger partial charge in [-0.2, -0.15) is 0 Å². The molecule has 23 heavy (non-hydrogen) atoms. The second kappa shape index (κ2) is 6.20. The fourth-order valence-electron chi connectivity index (χ4n) is 2.70. The third-order valence-corrected chi connectivity index (χ3v) is 3.84. The maximum absolute atomic E-state index is 11.7. The van der Waals surface area contributed by atoms with Gasteiger partial charge in [0.25, 0.3) is 0 Å². The summed E-state index contributed by atoms with van der Waals surface area (Å²) in [6.07, 6.45) is 5.55. The van der Waals surface area contributed by atoms with Crippen LogP contribution in [0.5, 0.6) is 0 Å². The maximum atomic E-state index is 11.7. The van der Waals surface area contributed by atoms with Gasteiger partial charge in [0, 0.05) is 31.0 Å². The van der Waals surface area contributed by atoms with Crippen LogP contribution in [0.1, 0.15) is 39.3 Å². The molecule has 0 unspecified atom stereocenters. The number of ether oxygens (including phenoxy) is 1. The van der Waals surface area contributed by atoms with E-state index in [0.29, 0.717) is 6.04 Å².